The van der Waals surface area contributed by atoms with Crippen molar-refractivity contribution < 1.29 is 4.79 Å². The molecule has 1 atom stereocenters. The third-order valence-electron chi connectivity index (χ3n) is 5.83. The quantitative estimate of drug-likeness (QED) is 0.788. The number of aryl methyl sites for hydroxylation is 2. The maximum atomic E-state index is 12.9. The van der Waals surface area contributed by atoms with Gasteiger partial charge in [-0.15, -0.1) is 0 Å². The second kappa shape index (κ2) is 8.41. The number of nitrogens with zero attached hydrogens (tertiary/aromatic N) is 4. The highest BCUT2D eigenvalue weighted by atomic mass is 16.2. The van der Waals surface area contributed by atoms with Crippen LogP contribution in [0.5, 0.6) is 0 Å². The first-order valence-corrected chi connectivity index (χ1v) is 10.5. The number of anilines is 1. The van der Waals surface area contributed by atoms with Gasteiger partial charge in [0.05, 0.1) is 17.8 Å². The van der Waals surface area contributed by atoms with Crippen molar-refractivity contribution in [3.63, 3.8) is 0 Å². The molecule has 0 spiro atoms. The Bertz CT molecular complexity index is 945. The molecule has 0 aliphatic carbocycles. The minimum absolute atomic E-state index is 0.0378. The van der Waals surface area contributed by atoms with Crippen molar-refractivity contribution >= 4 is 11.6 Å². The van der Waals surface area contributed by atoms with Gasteiger partial charge in [-0.3, -0.25) is 9.36 Å². The average molecular weight is 399 g/mol. The predicted octanol–water partition coefficient (Wildman–Crippen LogP) is 1.10. The maximum absolute atomic E-state index is 12.9. The van der Waals surface area contributed by atoms with Gasteiger partial charge in [-0.1, -0.05) is 12.1 Å². The van der Waals surface area contributed by atoms with Gasteiger partial charge in [0.25, 0.3) is 5.91 Å². The first-order valence-electron chi connectivity index (χ1n) is 10.5. The van der Waals surface area contributed by atoms with Gasteiger partial charge in [0.1, 0.15) is 5.82 Å². The van der Waals surface area contributed by atoms with Gasteiger partial charge in [0, 0.05) is 32.1 Å². The molecular formula is C21H30N6O2. The van der Waals surface area contributed by atoms with Crippen molar-refractivity contribution in [2.75, 3.05) is 32.5 Å². The van der Waals surface area contributed by atoms with Gasteiger partial charge in [-0.2, -0.15) is 5.10 Å². The van der Waals surface area contributed by atoms with Crippen LogP contribution >= 0.6 is 0 Å². The second-order valence-corrected chi connectivity index (χ2v) is 8.24. The van der Waals surface area contributed by atoms with E-state index in [9.17, 15) is 9.59 Å². The lowest BCUT2D eigenvalue weighted by molar-refractivity contribution is 0.0933. The molecule has 1 aromatic heterocycles. The third-order valence-corrected chi connectivity index (χ3v) is 5.83. The van der Waals surface area contributed by atoms with E-state index in [2.05, 4.69) is 21.8 Å². The van der Waals surface area contributed by atoms with Crippen molar-refractivity contribution in [1.82, 2.24) is 24.6 Å². The molecule has 29 heavy (non-hydrogen) atoms. The van der Waals surface area contributed by atoms with E-state index in [0.29, 0.717) is 19.5 Å². The number of hydrogen-bond donors (Lipinski definition) is 2. The Morgan fingerprint density at radius 3 is 3.00 bits per heavy atom. The topological polar surface area (TPSA) is 84.2 Å². The van der Waals surface area contributed by atoms with Crippen LogP contribution in [0.15, 0.2) is 23.0 Å². The number of carbonyl (C=O) groups excluding carboxylic acids is 1. The average Bonchev–Trinajstić information content (AvgIpc) is 2.88. The Hall–Kier alpha value is -2.61. The van der Waals surface area contributed by atoms with Crippen LogP contribution in [0.3, 0.4) is 0 Å². The van der Waals surface area contributed by atoms with E-state index in [1.807, 2.05) is 31.1 Å². The van der Waals surface area contributed by atoms with E-state index >= 15 is 0 Å². The van der Waals surface area contributed by atoms with Crippen LogP contribution in [0.1, 0.15) is 41.0 Å². The number of fused-ring (bicyclic) bond motifs is 2. The van der Waals surface area contributed by atoms with E-state index in [-0.39, 0.29) is 17.6 Å². The molecule has 2 aromatic rings. The number of amides is 1. The summed E-state index contributed by atoms with van der Waals surface area (Å²) < 4.78 is 3.34. The molecule has 0 saturated heterocycles. The lowest BCUT2D eigenvalue weighted by Crippen LogP contribution is -2.36. The first-order chi connectivity index (χ1) is 14.0. The number of carbonyl (C=O) groups is 1. The number of aromatic nitrogens is 3. The number of nitrogens with one attached hydrogen (secondary N) is 2. The smallest absolute Gasteiger partial charge is 0.345 e. The largest absolute Gasteiger partial charge is 0.384 e. The van der Waals surface area contributed by atoms with Crippen molar-refractivity contribution in [3.05, 3.63) is 45.6 Å². The molecule has 1 unspecified atom stereocenters. The molecule has 1 amide bonds. The van der Waals surface area contributed by atoms with Gasteiger partial charge >= 0.3 is 5.69 Å². The molecule has 0 saturated carbocycles. The zero-order valence-corrected chi connectivity index (χ0v) is 17.3. The Morgan fingerprint density at radius 2 is 2.17 bits per heavy atom. The zero-order valence-electron chi connectivity index (χ0n) is 17.3. The van der Waals surface area contributed by atoms with E-state index < -0.39 is 0 Å². The second-order valence-electron chi connectivity index (χ2n) is 8.24. The van der Waals surface area contributed by atoms with E-state index in [1.54, 1.807) is 9.25 Å². The highest BCUT2D eigenvalue weighted by molar-refractivity contribution is 6.00. The van der Waals surface area contributed by atoms with Crippen LogP contribution in [0.25, 0.3) is 0 Å². The minimum atomic E-state index is -0.0462. The molecule has 0 radical (unpaired) electrons. The Balaban J connectivity index is 1.42. The number of benzene rings is 1. The molecule has 0 fully saturated rings. The van der Waals surface area contributed by atoms with Crippen LogP contribution in [-0.4, -0.2) is 58.4 Å². The van der Waals surface area contributed by atoms with Crippen LogP contribution < -0.4 is 16.3 Å². The van der Waals surface area contributed by atoms with Crippen molar-refractivity contribution in [2.45, 2.75) is 51.2 Å². The van der Waals surface area contributed by atoms with Gasteiger partial charge in [-0.05, 0) is 51.4 Å². The molecule has 0 bridgehead atoms. The summed E-state index contributed by atoms with van der Waals surface area (Å²) in [6.45, 7) is 2.87. The molecule has 4 rings (SSSR count). The zero-order chi connectivity index (χ0) is 20.4. The fraction of sp³-hybridized carbons (Fsp3) is 0.571. The van der Waals surface area contributed by atoms with Crippen LogP contribution in [0.2, 0.25) is 0 Å². The molecule has 8 nitrogen and oxygen atoms in total. The SMILES string of the molecule is CN(C)CCn1nc2n(c1=O)CCC(NC(=O)c1cccc3c1NCCC3)CC2. The van der Waals surface area contributed by atoms with Crippen molar-refractivity contribution in [3.8, 4) is 0 Å². The van der Waals surface area contributed by atoms with E-state index in [0.717, 1.165) is 55.8 Å². The van der Waals surface area contributed by atoms with E-state index in [4.69, 9.17) is 0 Å². The Morgan fingerprint density at radius 1 is 1.31 bits per heavy atom. The van der Waals surface area contributed by atoms with Crippen LogP contribution in [-0.2, 0) is 25.9 Å². The minimum Gasteiger partial charge on any atom is -0.384 e. The highest BCUT2D eigenvalue weighted by Crippen LogP contribution is 2.26. The molecule has 3 heterocycles. The molecule has 2 aliphatic rings. The Labute approximate surface area is 170 Å². The summed E-state index contributed by atoms with van der Waals surface area (Å²) in [4.78, 5) is 27.6. The monoisotopic (exact) mass is 398 g/mol. The lowest BCUT2D eigenvalue weighted by atomic mass is 9.98. The normalized spacial score (nSPS) is 18.5. The summed E-state index contributed by atoms with van der Waals surface area (Å²) in [5.74, 6) is 0.786. The van der Waals surface area contributed by atoms with Crippen molar-refractivity contribution in [2.24, 2.45) is 0 Å². The maximum Gasteiger partial charge on any atom is 0.345 e. The molecule has 2 N–H and O–H groups in total. The van der Waals surface area contributed by atoms with Gasteiger partial charge in [-0.25, -0.2) is 9.48 Å². The number of rotatable bonds is 5. The molecule has 156 valence electrons. The summed E-state index contributed by atoms with van der Waals surface area (Å²) in [5.41, 5.74) is 2.86. The van der Waals surface area contributed by atoms with Crippen LogP contribution in [0.4, 0.5) is 5.69 Å². The van der Waals surface area contributed by atoms with Gasteiger partial charge in [0.2, 0.25) is 0 Å². The van der Waals surface area contributed by atoms with Gasteiger partial charge in [0.15, 0.2) is 0 Å². The first kappa shape index (κ1) is 19.7. The fourth-order valence-electron chi connectivity index (χ4n) is 4.17. The van der Waals surface area contributed by atoms with Crippen LogP contribution in [0, 0.1) is 0 Å². The lowest BCUT2D eigenvalue weighted by Gasteiger charge is -2.22. The number of hydrogen-bond acceptors (Lipinski definition) is 5. The van der Waals surface area contributed by atoms with E-state index in [1.165, 1.54) is 5.56 Å². The summed E-state index contributed by atoms with van der Waals surface area (Å²) in [7, 11) is 3.97. The molecular weight excluding hydrogens is 368 g/mol. The van der Waals surface area contributed by atoms with Gasteiger partial charge < -0.3 is 15.5 Å². The third kappa shape index (κ3) is 4.22. The molecule has 1 aromatic carbocycles. The number of para-hydroxylation sites is 1. The Kier molecular flexibility index (Phi) is 5.71. The highest BCUT2D eigenvalue weighted by Gasteiger charge is 2.24. The predicted molar refractivity (Wildman–Crippen MR) is 112 cm³/mol. The summed E-state index contributed by atoms with van der Waals surface area (Å²) in [6.07, 6.45) is 4.32. The summed E-state index contributed by atoms with van der Waals surface area (Å²) in [5, 5.41) is 11.1. The van der Waals surface area contributed by atoms with Crippen molar-refractivity contribution in [1.29, 1.82) is 0 Å². The molecule has 8 heteroatoms. The molecule has 2 aliphatic heterocycles. The standard InChI is InChI=1S/C21H30N6O2/c1-25(2)13-14-27-21(29)26-12-10-16(8-9-18(26)24-27)23-20(28)17-7-3-5-15-6-4-11-22-19(15)17/h3,5,7,16,22H,4,6,8-14H2,1-2H3,(H,23,28). The number of likely N-dealkylation sites (N-methyl/N-ethyl adjacent to an activating group) is 1. The fourth-order valence-corrected chi connectivity index (χ4v) is 4.17. The summed E-state index contributed by atoms with van der Waals surface area (Å²) in [6, 6.07) is 5.97. The summed E-state index contributed by atoms with van der Waals surface area (Å²) >= 11 is 0.